The number of carbonyl (C=O) groups excluding carboxylic acids is 2. The lowest BCUT2D eigenvalue weighted by Gasteiger charge is -2.16. The third-order valence-electron chi connectivity index (χ3n) is 8.49. The predicted octanol–water partition coefficient (Wildman–Crippen LogP) is 9.48. The Morgan fingerprint density at radius 3 is 1.44 bits per heavy atom. The van der Waals surface area contributed by atoms with Gasteiger partial charge in [0.15, 0.2) is 0 Å². The first kappa shape index (κ1) is 44.5. The second-order valence-electron chi connectivity index (χ2n) is 13.9. The summed E-state index contributed by atoms with van der Waals surface area (Å²) >= 11 is 0. The van der Waals surface area contributed by atoms with Crippen LogP contribution in [0.5, 0.6) is 11.5 Å². The molecule has 0 saturated carbocycles. The smallest absolute Gasteiger partial charge is 0.333 e. The molecule has 10 nitrogen and oxygen atoms in total. The minimum Gasteiger partial charge on any atom is -0.493 e. The van der Waals surface area contributed by atoms with Crippen molar-refractivity contribution < 1.29 is 46.4 Å². The first-order chi connectivity index (χ1) is 27.3. The normalized spacial score (nSPS) is 11.3. The minimum atomic E-state index is -3.80. The summed E-state index contributed by atoms with van der Waals surface area (Å²) in [5.41, 5.74) is 5.87. The molecule has 304 valence electrons. The average Bonchev–Trinajstić information content (AvgIpc) is 3.20. The zero-order chi connectivity index (χ0) is 41.4. The fraction of sp³-hybridized carbons (Fsp3) is 0.348. The average molecular weight is 799 g/mol. The van der Waals surface area contributed by atoms with Crippen molar-refractivity contribution in [3.05, 3.63) is 120 Å². The molecule has 4 aromatic carbocycles. The Labute approximate surface area is 337 Å². The number of hydrogen-bond acceptors (Lipinski definition) is 10. The zero-order valence-corrected chi connectivity index (χ0v) is 34.5. The van der Waals surface area contributed by atoms with Gasteiger partial charge in [0.1, 0.15) is 11.5 Å². The molecule has 0 amide bonds. The summed E-state index contributed by atoms with van der Waals surface area (Å²) in [7, 11) is -3.80. The lowest BCUT2D eigenvalue weighted by atomic mass is 10.0. The second kappa shape index (κ2) is 21.9. The first-order valence-corrected chi connectivity index (χ1v) is 20.6. The van der Waals surface area contributed by atoms with Gasteiger partial charge in [0.2, 0.25) is 9.84 Å². The van der Waals surface area contributed by atoms with Gasteiger partial charge in [-0.2, -0.15) is 0 Å². The molecule has 0 saturated heterocycles. The van der Waals surface area contributed by atoms with E-state index in [1.54, 1.807) is 62.4 Å². The number of esters is 2. The Kier molecular flexibility index (Phi) is 17.1. The van der Waals surface area contributed by atoms with Crippen LogP contribution in [0.2, 0.25) is 0 Å². The number of carbonyl (C=O) groups is 2. The van der Waals surface area contributed by atoms with E-state index in [1.165, 1.54) is 0 Å². The van der Waals surface area contributed by atoms with Crippen LogP contribution in [0.3, 0.4) is 0 Å². The molecule has 0 spiro atoms. The van der Waals surface area contributed by atoms with E-state index in [1.807, 2.05) is 57.2 Å². The highest BCUT2D eigenvalue weighted by atomic mass is 32.2. The van der Waals surface area contributed by atoms with Crippen molar-refractivity contribution in [2.24, 2.45) is 0 Å². The first-order valence-electron chi connectivity index (χ1n) is 19.1. The SMILES string of the molecule is C=C(C)C(=O)OCCCOCc1cc(-c2ccc(S(=O)(=O)c3ccc(-c4ccc(OC(C)C)c(COCCCOC(=O)C(=C)C)c4)cc3)cc2)ccc1OCCC. The number of rotatable bonds is 23. The quantitative estimate of drug-likeness (QED) is 0.0407. The summed E-state index contributed by atoms with van der Waals surface area (Å²) in [4.78, 5) is 23.6. The van der Waals surface area contributed by atoms with E-state index < -0.39 is 21.8 Å². The van der Waals surface area contributed by atoms with Gasteiger partial charge in [0, 0.05) is 35.1 Å². The molecule has 0 atom stereocenters. The standard InChI is InChI=1S/C46H54O10S/c1-8-23-53-43-21-15-37(28-39(43)30-51-24-9-26-54-45(47)32(2)3)35-11-17-41(18-12-35)57(49,50)42-19-13-36(14-20-42)38-16-22-44(56-34(6)7)40(29-38)31-52-25-10-27-55-46(48)33(4)5/h11-22,28-29,34H,2,4,8-10,23-27,30-31H2,1,3,5-7H3. The van der Waals surface area contributed by atoms with Crippen LogP contribution in [0, 0.1) is 0 Å². The second-order valence-corrected chi connectivity index (χ2v) is 15.8. The van der Waals surface area contributed by atoms with E-state index in [4.69, 9.17) is 28.4 Å². The summed E-state index contributed by atoms with van der Waals surface area (Å²) in [6.07, 6.45) is 1.89. The molecule has 11 heteroatoms. The predicted molar refractivity (Wildman–Crippen MR) is 221 cm³/mol. The van der Waals surface area contributed by atoms with Crippen LogP contribution in [-0.4, -0.2) is 59.5 Å². The van der Waals surface area contributed by atoms with Crippen molar-refractivity contribution >= 4 is 21.8 Å². The van der Waals surface area contributed by atoms with E-state index in [9.17, 15) is 18.0 Å². The van der Waals surface area contributed by atoms with Crippen molar-refractivity contribution in [3.8, 4) is 33.8 Å². The number of ether oxygens (including phenoxy) is 6. The Balaban J connectivity index is 1.43. The summed E-state index contributed by atoms with van der Waals surface area (Å²) in [5, 5.41) is 0. The third-order valence-corrected chi connectivity index (χ3v) is 10.3. The molecule has 0 radical (unpaired) electrons. The molecule has 0 fully saturated rings. The van der Waals surface area contributed by atoms with Gasteiger partial charge in [-0.05, 0) is 105 Å². The molecular weight excluding hydrogens is 745 g/mol. The van der Waals surface area contributed by atoms with E-state index >= 15 is 0 Å². The van der Waals surface area contributed by atoms with Crippen LogP contribution in [-0.2, 0) is 51.6 Å². The lowest BCUT2D eigenvalue weighted by Crippen LogP contribution is -2.10. The molecule has 57 heavy (non-hydrogen) atoms. The van der Waals surface area contributed by atoms with Crippen LogP contribution >= 0.6 is 0 Å². The van der Waals surface area contributed by atoms with Gasteiger partial charge in [-0.25, -0.2) is 18.0 Å². The molecule has 4 aromatic rings. The van der Waals surface area contributed by atoms with Gasteiger partial charge in [-0.15, -0.1) is 0 Å². The molecule has 0 aliphatic carbocycles. The maximum absolute atomic E-state index is 13.7. The van der Waals surface area contributed by atoms with Crippen molar-refractivity contribution in [2.45, 2.75) is 83.0 Å². The summed E-state index contributed by atoms with van der Waals surface area (Å²) in [5.74, 6) is 0.579. The van der Waals surface area contributed by atoms with E-state index in [-0.39, 0.29) is 35.7 Å². The maximum atomic E-state index is 13.7. The van der Waals surface area contributed by atoms with Crippen LogP contribution in [0.4, 0.5) is 0 Å². The van der Waals surface area contributed by atoms with Gasteiger partial charge >= 0.3 is 11.9 Å². The maximum Gasteiger partial charge on any atom is 0.333 e. The lowest BCUT2D eigenvalue weighted by molar-refractivity contribution is -0.140. The van der Waals surface area contributed by atoms with Crippen LogP contribution in [0.1, 0.15) is 65.0 Å². The fourth-order valence-corrected chi connectivity index (χ4v) is 6.78. The van der Waals surface area contributed by atoms with Crippen molar-refractivity contribution in [3.63, 3.8) is 0 Å². The van der Waals surface area contributed by atoms with Gasteiger partial charge in [0.05, 0.1) is 62.1 Å². The Bertz CT molecular complexity index is 2080. The summed E-state index contributed by atoms with van der Waals surface area (Å²) in [6.45, 7) is 18.7. The Hall–Kier alpha value is -5.23. The highest BCUT2D eigenvalue weighted by Gasteiger charge is 2.19. The van der Waals surface area contributed by atoms with Crippen LogP contribution in [0.25, 0.3) is 22.3 Å². The van der Waals surface area contributed by atoms with E-state index in [0.29, 0.717) is 56.2 Å². The molecule has 0 unspecified atom stereocenters. The zero-order valence-electron chi connectivity index (χ0n) is 33.6. The van der Waals surface area contributed by atoms with Gasteiger partial charge in [-0.3, -0.25) is 0 Å². The van der Waals surface area contributed by atoms with Gasteiger partial charge in [0.25, 0.3) is 0 Å². The topological polar surface area (TPSA) is 124 Å². The highest BCUT2D eigenvalue weighted by molar-refractivity contribution is 7.91. The summed E-state index contributed by atoms with van der Waals surface area (Å²) in [6, 6.07) is 25.3. The molecule has 0 aliphatic rings. The Morgan fingerprint density at radius 1 is 0.596 bits per heavy atom. The van der Waals surface area contributed by atoms with Crippen LogP contribution < -0.4 is 9.47 Å². The molecule has 0 aromatic heterocycles. The van der Waals surface area contributed by atoms with Crippen molar-refractivity contribution in [2.75, 3.05) is 33.0 Å². The fourth-order valence-electron chi connectivity index (χ4n) is 5.52. The number of benzene rings is 4. The molecule has 4 rings (SSSR count). The molecule has 0 heterocycles. The van der Waals surface area contributed by atoms with E-state index in [0.717, 1.165) is 45.6 Å². The number of hydrogen-bond donors (Lipinski definition) is 0. The van der Waals surface area contributed by atoms with Crippen LogP contribution in [0.15, 0.2) is 119 Å². The summed E-state index contributed by atoms with van der Waals surface area (Å²) < 4.78 is 61.5. The highest BCUT2D eigenvalue weighted by Crippen LogP contribution is 2.32. The molecule has 0 N–H and O–H groups in total. The Morgan fingerprint density at radius 2 is 1.02 bits per heavy atom. The molecule has 0 bridgehead atoms. The monoisotopic (exact) mass is 798 g/mol. The molecular formula is C46H54O10S. The largest absolute Gasteiger partial charge is 0.493 e. The molecule has 0 aliphatic heterocycles. The van der Waals surface area contributed by atoms with E-state index in [2.05, 4.69) is 13.2 Å². The minimum absolute atomic E-state index is 0.0404. The number of sulfone groups is 1. The third kappa shape index (κ3) is 13.4. The van der Waals surface area contributed by atoms with Crippen molar-refractivity contribution in [1.29, 1.82) is 0 Å². The van der Waals surface area contributed by atoms with Gasteiger partial charge < -0.3 is 28.4 Å². The van der Waals surface area contributed by atoms with Crippen molar-refractivity contribution in [1.82, 2.24) is 0 Å². The van der Waals surface area contributed by atoms with Gasteiger partial charge in [-0.1, -0.05) is 56.5 Å².